The van der Waals surface area contributed by atoms with E-state index in [0.29, 0.717) is 11.9 Å². The van der Waals surface area contributed by atoms with E-state index in [1.807, 2.05) is 6.07 Å². The van der Waals surface area contributed by atoms with Crippen LogP contribution < -0.4 is 16.0 Å². The molecule has 94 valence electrons. The maximum atomic E-state index is 5.90. The first-order chi connectivity index (χ1) is 8.15. The molecule has 1 atom stereocenters. The fourth-order valence-electron chi connectivity index (χ4n) is 1.90. The SMILES string of the molecule is CC(C)CNc1nccc(N2CC[C@@H](N)C2)n1. The van der Waals surface area contributed by atoms with Gasteiger partial charge in [0.2, 0.25) is 5.95 Å². The van der Waals surface area contributed by atoms with Crippen LogP contribution in [0.1, 0.15) is 20.3 Å². The van der Waals surface area contributed by atoms with Crippen molar-refractivity contribution in [3.05, 3.63) is 12.3 Å². The second kappa shape index (κ2) is 5.31. The molecule has 0 bridgehead atoms. The number of aromatic nitrogens is 2. The predicted octanol–water partition coefficient (Wildman–Crippen LogP) is 1.08. The Hall–Kier alpha value is -1.36. The van der Waals surface area contributed by atoms with Crippen LogP contribution in [-0.4, -0.2) is 35.6 Å². The molecule has 2 rings (SSSR count). The number of hydrogen-bond donors (Lipinski definition) is 2. The van der Waals surface area contributed by atoms with Crippen molar-refractivity contribution in [3.63, 3.8) is 0 Å². The van der Waals surface area contributed by atoms with Gasteiger partial charge in [-0.15, -0.1) is 0 Å². The highest BCUT2D eigenvalue weighted by Gasteiger charge is 2.20. The molecule has 0 amide bonds. The van der Waals surface area contributed by atoms with Crippen molar-refractivity contribution >= 4 is 11.8 Å². The van der Waals surface area contributed by atoms with Crippen LogP contribution in [0, 0.1) is 5.92 Å². The van der Waals surface area contributed by atoms with Gasteiger partial charge in [0.15, 0.2) is 0 Å². The lowest BCUT2D eigenvalue weighted by molar-refractivity contribution is 0.684. The summed E-state index contributed by atoms with van der Waals surface area (Å²) in [5.74, 6) is 2.26. The van der Waals surface area contributed by atoms with Crippen molar-refractivity contribution in [2.45, 2.75) is 26.3 Å². The molecule has 0 saturated carbocycles. The number of nitrogens with one attached hydrogen (secondary N) is 1. The average molecular weight is 235 g/mol. The van der Waals surface area contributed by atoms with Gasteiger partial charge in [0.05, 0.1) is 0 Å². The summed E-state index contributed by atoms with van der Waals surface area (Å²) in [4.78, 5) is 10.9. The zero-order chi connectivity index (χ0) is 12.3. The summed E-state index contributed by atoms with van der Waals surface area (Å²) in [6.45, 7) is 7.10. The van der Waals surface area contributed by atoms with E-state index in [0.717, 1.165) is 31.9 Å². The monoisotopic (exact) mass is 235 g/mol. The van der Waals surface area contributed by atoms with E-state index in [2.05, 4.69) is 34.0 Å². The molecule has 5 heteroatoms. The molecule has 0 spiro atoms. The maximum absolute atomic E-state index is 5.90. The fraction of sp³-hybridized carbons (Fsp3) is 0.667. The lowest BCUT2D eigenvalue weighted by Crippen LogP contribution is -2.27. The first kappa shape index (κ1) is 12.1. The smallest absolute Gasteiger partial charge is 0.224 e. The Kier molecular flexibility index (Phi) is 3.78. The van der Waals surface area contributed by atoms with Crippen LogP contribution in [-0.2, 0) is 0 Å². The summed E-state index contributed by atoms with van der Waals surface area (Å²) >= 11 is 0. The van der Waals surface area contributed by atoms with Gasteiger partial charge in [0.1, 0.15) is 5.82 Å². The Morgan fingerprint density at radius 1 is 1.59 bits per heavy atom. The fourth-order valence-corrected chi connectivity index (χ4v) is 1.90. The Labute approximate surface area is 102 Å². The van der Waals surface area contributed by atoms with Gasteiger partial charge in [0.25, 0.3) is 0 Å². The van der Waals surface area contributed by atoms with Crippen LogP contribution >= 0.6 is 0 Å². The molecule has 1 fully saturated rings. The van der Waals surface area contributed by atoms with Crippen molar-refractivity contribution in [2.75, 3.05) is 29.9 Å². The minimum absolute atomic E-state index is 0.275. The molecular formula is C12H21N5. The molecule has 5 nitrogen and oxygen atoms in total. The number of nitrogens with two attached hydrogens (primary N) is 1. The van der Waals surface area contributed by atoms with E-state index in [9.17, 15) is 0 Å². The predicted molar refractivity (Wildman–Crippen MR) is 70.2 cm³/mol. The van der Waals surface area contributed by atoms with Gasteiger partial charge in [-0.05, 0) is 18.4 Å². The van der Waals surface area contributed by atoms with E-state index in [4.69, 9.17) is 5.73 Å². The molecule has 0 aliphatic carbocycles. The molecule has 0 unspecified atom stereocenters. The molecule has 3 N–H and O–H groups in total. The lowest BCUT2D eigenvalue weighted by atomic mass is 10.2. The van der Waals surface area contributed by atoms with Gasteiger partial charge in [-0.25, -0.2) is 4.98 Å². The second-order valence-electron chi connectivity index (χ2n) is 5.01. The Balaban J connectivity index is 2.01. The molecule has 1 aliphatic rings. The molecule has 2 heterocycles. The summed E-state index contributed by atoms with van der Waals surface area (Å²) in [6.07, 6.45) is 2.84. The molecule has 0 aromatic carbocycles. The molecule has 1 aliphatic heterocycles. The highest BCUT2D eigenvalue weighted by Crippen LogP contribution is 2.17. The van der Waals surface area contributed by atoms with Crippen LogP contribution in [0.2, 0.25) is 0 Å². The van der Waals surface area contributed by atoms with Gasteiger partial charge < -0.3 is 16.0 Å². The third-order valence-corrected chi connectivity index (χ3v) is 2.86. The van der Waals surface area contributed by atoms with Crippen molar-refractivity contribution in [1.82, 2.24) is 9.97 Å². The third kappa shape index (κ3) is 3.30. The number of nitrogens with zero attached hydrogens (tertiary/aromatic N) is 3. The van der Waals surface area contributed by atoms with Crippen LogP contribution in [0.15, 0.2) is 12.3 Å². The van der Waals surface area contributed by atoms with Crippen molar-refractivity contribution < 1.29 is 0 Å². The minimum atomic E-state index is 0.275. The van der Waals surface area contributed by atoms with Crippen LogP contribution in [0.25, 0.3) is 0 Å². The Morgan fingerprint density at radius 3 is 3.06 bits per heavy atom. The number of hydrogen-bond acceptors (Lipinski definition) is 5. The topological polar surface area (TPSA) is 67.1 Å². The largest absolute Gasteiger partial charge is 0.355 e. The van der Waals surface area contributed by atoms with E-state index in [-0.39, 0.29) is 6.04 Å². The standard InChI is InChI=1S/C12H21N5/c1-9(2)7-15-12-14-5-3-11(16-12)17-6-4-10(13)8-17/h3,5,9-10H,4,6-8,13H2,1-2H3,(H,14,15,16)/t10-/m1/s1. The van der Waals surface area contributed by atoms with Crippen molar-refractivity contribution in [1.29, 1.82) is 0 Å². The zero-order valence-corrected chi connectivity index (χ0v) is 10.6. The lowest BCUT2D eigenvalue weighted by Gasteiger charge is -2.17. The first-order valence-electron chi connectivity index (χ1n) is 6.22. The van der Waals surface area contributed by atoms with E-state index < -0.39 is 0 Å². The molecule has 17 heavy (non-hydrogen) atoms. The van der Waals surface area contributed by atoms with Gasteiger partial charge >= 0.3 is 0 Å². The van der Waals surface area contributed by atoms with E-state index >= 15 is 0 Å². The average Bonchev–Trinajstić information content (AvgIpc) is 2.74. The Bertz CT molecular complexity index is 366. The quantitative estimate of drug-likeness (QED) is 0.817. The van der Waals surface area contributed by atoms with Crippen LogP contribution in [0.4, 0.5) is 11.8 Å². The highest BCUT2D eigenvalue weighted by atomic mass is 15.2. The molecule has 1 aromatic heterocycles. The first-order valence-corrected chi connectivity index (χ1v) is 6.22. The summed E-state index contributed by atoms with van der Waals surface area (Å²) in [5.41, 5.74) is 5.90. The molecular weight excluding hydrogens is 214 g/mol. The third-order valence-electron chi connectivity index (χ3n) is 2.86. The van der Waals surface area contributed by atoms with Crippen LogP contribution in [0.3, 0.4) is 0 Å². The normalized spacial score (nSPS) is 20.0. The summed E-state index contributed by atoms with van der Waals surface area (Å²) in [7, 11) is 0. The van der Waals surface area contributed by atoms with Crippen molar-refractivity contribution in [2.24, 2.45) is 11.7 Å². The zero-order valence-electron chi connectivity index (χ0n) is 10.6. The Morgan fingerprint density at radius 2 is 2.41 bits per heavy atom. The number of rotatable bonds is 4. The maximum Gasteiger partial charge on any atom is 0.224 e. The number of anilines is 2. The van der Waals surface area contributed by atoms with E-state index in [1.165, 1.54) is 0 Å². The second-order valence-corrected chi connectivity index (χ2v) is 5.01. The van der Waals surface area contributed by atoms with Gasteiger partial charge in [-0.2, -0.15) is 4.98 Å². The minimum Gasteiger partial charge on any atom is -0.355 e. The summed E-state index contributed by atoms with van der Waals surface area (Å²) in [6, 6.07) is 2.22. The van der Waals surface area contributed by atoms with Crippen LogP contribution in [0.5, 0.6) is 0 Å². The molecule has 1 saturated heterocycles. The molecule has 1 aromatic rings. The van der Waals surface area contributed by atoms with Gasteiger partial charge in [0, 0.05) is 31.9 Å². The molecule has 0 radical (unpaired) electrons. The van der Waals surface area contributed by atoms with Crippen molar-refractivity contribution in [3.8, 4) is 0 Å². The van der Waals surface area contributed by atoms with Gasteiger partial charge in [-0.1, -0.05) is 13.8 Å². The highest BCUT2D eigenvalue weighted by molar-refractivity contribution is 5.43. The van der Waals surface area contributed by atoms with Gasteiger partial charge in [-0.3, -0.25) is 0 Å². The van der Waals surface area contributed by atoms with E-state index in [1.54, 1.807) is 6.20 Å². The summed E-state index contributed by atoms with van der Waals surface area (Å²) in [5, 5.41) is 3.24. The summed E-state index contributed by atoms with van der Waals surface area (Å²) < 4.78 is 0.